The second-order valence-electron chi connectivity index (χ2n) is 7.23. The fraction of sp³-hybridized carbons (Fsp3) is 0.941. The van der Waals surface area contributed by atoms with Crippen LogP contribution >= 0.6 is 0 Å². The molecule has 4 bridgehead atoms. The van der Waals surface area contributed by atoms with Crippen LogP contribution in [0.3, 0.4) is 0 Å². The van der Waals surface area contributed by atoms with Crippen LogP contribution in [0.4, 0.5) is 0 Å². The van der Waals surface area contributed by atoms with E-state index in [0.717, 1.165) is 17.8 Å². The first-order valence-corrected chi connectivity index (χ1v) is 8.42. The molecule has 1 unspecified atom stereocenters. The first-order valence-electron chi connectivity index (χ1n) is 8.42. The maximum Gasteiger partial charge on any atom is 0.308 e. The van der Waals surface area contributed by atoms with Crippen molar-refractivity contribution in [3.8, 4) is 0 Å². The molecule has 0 aliphatic heterocycles. The first-order chi connectivity index (χ1) is 9.65. The van der Waals surface area contributed by atoms with E-state index in [1.807, 2.05) is 13.8 Å². The van der Waals surface area contributed by atoms with Crippen molar-refractivity contribution >= 4 is 5.97 Å². The molecule has 1 atom stereocenters. The number of carbonyl (C=O) groups is 1. The molecule has 20 heavy (non-hydrogen) atoms. The minimum Gasteiger partial charge on any atom is -0.466 e. The normalized spacial score (nSPS) is 39.8. The predicted molar refractivity (Wildman–Crippen MR) is 77.3 cm³/mol. The van der Waals surface area contributed by atoms with Crippen molar-refractivity contribution in [1.82, 2.24) is 0 Å². The van der Waals surface area contributed by atoms with Crippen molar-refractivity contribution in [3.63, 3.8) is 0 Å². The zero-order chi connectivity index (χ0) is 14.2. The van der Waals surface area contributed by atoms with Gasteiger partial charge >= 0.3 is 5.97 Å². The van der Waals surface area contributed by atoms with Crippen LogP contribution in [-0.4, -0.2) is 25.3 Å². The Kier molecular flexibility index (Phi) is 4.07. The van der Waals surface area contributed by atoms with Crippen LogP contribution in [0.25, 0.3) is 0 Å². The van der Waals surface area contributed by atoms with Crippen molar-refractivity contribution < 1.29 is 14.3 Å². The zero-order valence-electron chi connectivity index (χ0n) is 12.9. The Morgan fingerprint density at radius 2 is 1.60 bits per heavy atom. The lowest BCUT2D eigenvalue weighted by atomic mass is 9.48. The Labute approximate surface area is 122 Å². The topological polar surface area (TPSA) is 35.5 Å². The second-order valence-corrected chi connectivity index (χ2v) is 7.23. The molecule has 114 valence electrons. The molecular formula is C17H28O3. The summed E-state index contributed by atoms with van der Waals surface area (Å²) in [7, 11) is 0. The number of hydrogen-bond donors (Lipinski definition) is 0. The van der Waals surface area contributed by atoms with Gasteiger partial charge in [-0.05, 0) is 75.5 Å². The summed E-state index contributed by atoms with van der Waals surface area (Å²) in [5.74, 6) is 2.60. The summed E-state index contributed by atoms with van der Waals surface area (Å²) in [5.41, 5.74) is 0.275. The molecule has 0 heterocycles. The fourth-order valence-corrected chi connectivity index (χ4v) is 5.60. The number of carbonyl (C=O) groups excluding carboxylic acids is 1. The van der Waals surface area contributed by atoms with E-state index in [-0.39, 0.29) is 17.5 Å². The zero-order valence-corrected chi connectivity index (χ0v) is 12.9. The van der Waals surface area contributed by atoms with Crippen molar-refractivity contribution in [2.45, 2.75) is 64.9 Å². The Balaban J connectivity index is 1.74. The van der Waals surface area contributed by atoms with Crippen molar-refractivity contribution in [3.05, 3.63) is 0 Å². The van der Waals surface area contributed by atoms with Crippen LogP contribution in [0.1, 0.15) is 58.8 Å². The minimum absolute atomic E-state index is 0.0818. The van der Waals surface area contributed by atoms with Gasteiger partial charge in [0.25, 0.3) is 0 Å². The van der Waals surface area contributed by atoms with Gasteiger partial charge in [-0.15, -0.1) is 0 Å². The van der Waals surface area contributed by atoms with Crippen molar-refractivity contribution in [2.75, 3.05) is 13.2 Å². The van der Waals surface area contributed by atoms with Gasteiger partial charge < -0.3 is 9.47 Å². The summed E-state index contributed by atoms with van der Waals surface area (Å²) in [6.07, 6.45) is 8.66. The Morgan fingerprint density at radius 1 is 1.05 bits per heavy atom. The molecule has 0 amide bonds. The van der Waals surface area contributed by atoms with Crippen LogP contribution in [0.5, 0.6) is 0 Å². The summed E-state index contributed by atoms with van der Waals surface area (Å²) in [6, 6.07) is 0. The third kappa shape index (κ3) is 2.61. The monoisotopic (exact) mass is 280 g/mol. The quantitative estimate of drug-likeness (QED) is 0.698. The molecule has 4 aliphatic rings. The lowest BCUT2D eigenvalue weighted by molar-refractivity contribution is -0.164. The lowest BCUT2D eigenvalue weighted by Gasteiger charge is -2.59. The van der Waals surface area contributed by atoms with Crippen LogP contribution in [0.15, 0.2) is 0 Å². The van der Waals surface area contributed by atoms with Crippen LogP contribution in [0.2, 0.25) is 0 Å². The number of ether oxygens (including phenoxy) is 2. The van der Waals surface area contributed by atoms with E-state index >= 15 is 0 Å². The standard InChI is InChI=1S/C17H28O3/c1-3-19-15(8-16(18)20-4-2)17-9-12-5-13(10-17)7-14(6-12)11-17/h12-15H,3-11H2,1-2H3. The Hall–Kier alpha value is -0.570. The lowest BCUT2D eigenvalue weighted by Crippen LogP contribution is -2.53. The summed E-state index contributed by atoms with van der Waals surface area (Å²) < 4.78 is 11.2. The predicted octanol–water partition coefficient (Wildman–Crippen LogP) is 3.56. The van der Waals surface area contributed by atoms with E-state index in [0.29, 0.717) is 19.6 Å². The largest absolute Gasteiger partial charge is 0.466 e. The van der Waals surface area contributed by atoms with Crippen LogP contribution < -0.4 is 0 Å². The van der Waals surface area contributed by atoms with Gasteiger partial charge in [0.15, 0.2) is 0 Å². The van der Waals surface area contributed by atoms with Crippen LogP contribution in [-0.2, 0) is 14.3 Å². The van der Waals surface area contributed by atoms with Gasteiger partial charge in [-0.3, -0.25) is 4.79 Å². The molecule has 0 saturated heterocycles. The molecule has 3 nitrogen and oxygen atoms in total. The molecule has 4 aliphatic carbocycles. The van der Waals surface area contributed by atoms with Gasteiger partial charge in [0.05, 0.1) is 19.1 Å². The number of hydrogen-bond acceptors (Lipinski definition) is 3. The SMILES string of the molecule is CCOC(=O)CC(OCC)C12CC3CC(CC(C3)C1)C2. The molecular weight excluding hydrogens is 252 g/mol. The van der Waals surface area contributed by atoms with Gasteiger partial charge in [-0.25, -0.2) is 0 Å². The fourth-order valence-electron chi connectivity index (χ4n) is 5.60. The number of esters is 1. The molecule has 4 fully saturated rings. The number of rotatable bonds is 6. The van der Waals surface area contributed by atoms with Crippen LogP contribution in [0, 0.1) is 23.2 Å². The maximum absolute atomic E-state index is 11.9. The molecule has 0 aromatic rings. The van der Waals surface area contributed by atoms with E-state index in [1.165, 1.54) is 38.5 Å². The van der Waals surface area contributed by atoms with Gasteiger partial charge in [0.2, 0.25) is 0 Å². The molecule has 0 radical (unpaired) electrons. The highest BCUT2D eigenvalue weighted by molar-refractivity contribution is 5.70. The Morgan fingerprint density at radius 3 is 2.05 bits per heavy atom. The molecule has 4 saturated carbocycles. The van der Waals surface area contributed by atoms with Gasteiger partial charge in [-0.2, -0.15) is 0 Å². The highest BCUT2D eigenvalue weighted by Crippen LogP contribution is 2.62. The summed E-state index contributed by atoms with van der Waals surface area (Å²) in [6.45, 7) is 5.08. The van der Waals surface area contributed by atoms with Crippen molar-refractivity contribution in [1.29, 1.82) is 0 Å². The minimum atomic E-state index is -0.0818. The smallest absolute Gasteiger partial charge is 0.308 e. The molecule has 4 rings (SSSR count). The summed E-state index contributed by atoms with van der Waals surface area (Å²) in [5, 5.41) is 0. The summed E-state index contributed by atoms with van der Waals surface area (Å²) in [4.78, 5) is 11.9. The molecule has 3 heteroatoms. The molecule has 0 aromatic heterocycles. The molecule has 0 aromatic carbocycles. The molecule has 0 spiro atoms. The first kappa shape index (κ1) is 14.4. The second kappa shape index (κ2) is 5.67. The van der Waals surface area contributed by atoms with E-state index in [4.69, 9.17) is 9.47 Å². The maximum atomic E-state index is 11.9. The van der Waals surface area contributed by atoms with Gasteiger partial charge in [0.1, 0.15) is 0 Å². The summed E-state index contributed by atoms with van der Waals surface area (Å²) >= 11 is 0. The highest BCUT2D eigenvalue weighted by atomic mass is 16.5. The van der Waals surface area contributed by atoms with Gasteiger partial charge in [-0.1, -0.05) is 0 Å². The highest BCUT2D eigenvalue weighted by Gasteiger charge is 2.54. The third-order valence-electron chi connectivity index (χ3n) is 5.79. The van der Waals surface area contributed by atoms with E-state index in [9.17, 15) is 4.79 Å². The van der Waals surface area contributed by atoms with E-state index in [2.05, 4.69) is 0 Å². The van der Waals surface area contributed by atoms with E-state index in [1.54, 1.807) is 0 Å². The van der Waals surface area contributed by atoms with Crippen molar-refractivity contribution in [2.24, 2.45) is 23.2 Å². The Bertz CT molecular complexity index is 328. The average molecular weight is 280 g/mol. The average Bonchev–Trinajstić information content (AvgIpc) is 2.37. The third-order valence-corrected chi connectivity index (χ3v) is 5.79. The van der Waals surface area contributed by atoms with E-state index < -0.39 is 0 Å². The van der Waals surface area contributed by atoms with Gasteiger partial charge in [0, 0.05) is 6.61 Å². The molecule has 0 N–H and O–H groups in total.